The van der Waals surface area contributed by atoms with Crippen LogP contribution in [0.1, 0.15) is 18.1 Å². The summed E-state index contributed by atoms with van der Waals surface area (Å²) >= 11 is 5.67. The van der Waals surface area contributed by atoms with E-state index in [1.165, 1.54) is 17.7 Å². The van der Waals surface area contributed by atoms with Crippen LogP contribution in [0.2, 0.25) is 0 Å². The zero-order valence-corrected chi connectivity index (χ0v) is 20.2. The van der Waals surface area contributed by atoms with Crippen molar-refractivity contribution in [2.75, 3.05) is 45.3 Å². The number of aliphatic hydroxyl groups is 1. The molecule has 1 aliphatic heterocycles. The molecular weight excluding hydrogens is 457 g/mol. The summed E-state index contributed by atoms with van der Waals surface area (Å²) in [6.07, 6.45) is 2.37. The Morgan fingerprint density at radius 1 is 1.18 bits per heavy atom. The number of carbonyl (C=O) groups excluding carboxylic acids is 1. The summed E-state index contributed by atoms with van der Waals surface area (Å²) in [5.41, 5.74) is 2.63. The van der Waals surface area contributed by atoms with Gasteiger partial charge in [-0.25, -0.2) is 4.39 Å². The van der Waals surface area contributed by atoms with Gasteiger partial charge < -0.3 is 19.7 Å². The smallest absolute Gasteiger partial charge is 0.237 e. The Morgan fingerprint density at radius 2 is 1.94 bits per heavy atom. The lowest BCUT2D eigenvalue weighted by Crippen LogP contribution is -2.48. The number of aromatic nitrogens is 1. The molecule has 4 rings (SSSR count). The van der Waals surface area contributed by atoms with Gasteiger partial charge in [-0.3, -0.25) is 9.69 Å². The van der Waals surface area contributed by atoms with Crippen LogP contribution < -0.4 is 4.74 Å². The molecule has 8 heteroatoms. The van der Waals surface area contributed by atoms with Crippen LogP contribution in [0.3, 0.4) is 0 Å². The zero-order chi connectivity index (χ0) is 24.1. The number of rotatable bonds is 9. The van der Waals surface area contributed by atoms with Crippen LogP contribution in [-0.4, -0.2) is 71.1 Å². The van der Waals surface area contributed by atoms with Gasteiger partial charge in [-0.05, 0) is 35.7 Å². The molecule has 2 aromatic carbocycles. The molecule has 2 heterocycles. The van der Waals surface area contributed by atoms with Crippen LogP contribution in [-0.2, 0) is 17.8 Å². The number of amides is 1. The highest BCUT2D eigenvalue weighted by atomic mass is 35.5. The summed E-state index contributed by atoms with van der Waals surface area (Å²) in [5.74, 6) is 0.291. The quantitative estimate of drug-likeness (QED) is 0.450. The fourth-order valence-corrected chi connectivity index (χ4v) is 4.59. The van der Waals surface area contributed by atoms with Crippen LogP contribution in [0.4, 0.5) is 4.39 Å². The standard InChI is InChI=1S/C26H31ClFN3O3/c1-26(17-32,18-34-24-15-29-23-6-5-21(28)12-22(23)24)13-19-3-2-4-20(11-19)16-30-7-9-31(10-8-30)25(33)14-27/h2-6,11-12,15,29,32H,7-10,13-14,16-18H2,1H3. The molecule has 2 N–H and O–H groups in total. The highest BCUT2D eigenvalue weighted by Crippen LogP contribution is 2.29. The predicted octanol–water partition coefficient (Wildman–Crippen LogP) is 3.81. The number of carbonyl (C=O) groups is 1. The van der Waals surface area contributed by atoms with Gasteiger partial charge in [0.25, 0.3) is 0 Å². The van der Waals surface area contributed by atoms with Crippen LogP contribution in [0, 0.1) is 11.2 Å². The summed E-state index contributed by atoms with van der Waals surface area (Å²) in [6.45, 7) is 6.09. The summed E-state index contributed by atoms with van der Waals surface area (Å²) in [5, 5.41) is 10.8. The van der Waals surface area contributed by atoms with Crippen molar-refractivity contribution in [2.24, 2.45) is 5.41 Å². The number of ether oxygens (including phenoxy) is 1. The largest absolute Gasteiger partial charge is 0.491 e. The molecule has 1 fully saturated rings. The molecule has 1 saturated heterocycles. The van der Waals surface area contributed by atoms with Crippen molar-refractivity contribution in [1.82, 2.24) is 14.8 Å². The first-order valence-corrected chi connectivity index (χ1v) is 12.1. The summed E-state index contributed by atoms with van der Waals surface area (Å²) in [4.78, 5) is 19.0. The Labute approximate surface area is 204 Å². The lowest BCUT2D eigenvalue weighted by atomic mass is 9.85. The first-order valence-electron chi connectivity index (χ1n) is 11.5. The second-order valence-electron chi connectivity index (χ2n) is 9.39. The molecule has 3 aromatic rings. The van der Waals surface area contributed by atoms with Gasteiger partial charge in [0.1, 0.15) is 17.4 Å². The normalized spacial score (nSPS) is 16.5. The molecule has 0 saturated carbocycles. The van der Waals surface area contributed by atoms with Gasteiger partial charge in [0.15, 0.2) is 0 Å². The Kier molecular flexibility index (Phi) is 7.76. The van der Waals surface area contributed by atoms with Gasteiger partial charge in [-0.2, -0.15) is 0 Å². The molecule has 1 aromatic heterocycles. The fourth-order valence-electron chi connectivity index (χ4n) is 4.42. The second kappa shape index (κ2) is 10.8. The minimum atomic E-state index is -0.497. The predicted molar refractivity (Wildman–Crippen MR) is 132 cm³/mol. The number of aromatic amines is 1. The number of fused-ring (bicyclic) bond motifs is 1. The number of halogens is 2. The lowest BCUT2D eigenvalue weighted by molar-refractivity contribution is -0.130. The summed E-state index contributed by atoms with van der Waals surface area (Å²) in [7, 11) is 0. The molecule has 0 aliphatic carbocycles. The van der Waals surface area contributed by atoms with Crippen LogP contribution >= 0.6 is 11.6 Å². The monoisotopic (exact) mass is 487 g/mol. The van der Waals surface area contributed by atoms with E-state index in [0.717, 1.165) is 30.7 Å². The van der Waals surface area contributed by atoms with Gasteiger partial charge in [-0.1, -0.05) is 31.2 Å². The van der Waals surface area contributed by atoms with Crippen LogP contribution in [0.15, 0.2) is 48.7 Å². The molecule has 0 bridgehead atoms. The molecule has 1 atom stereocenters. The van der Waals surface area contributed by atoms with Crippen molar-refractivity contribution in [3.8, 4) is 5.75 Å². The Morgan fingerprint density at radius 3 is 2.68 bits per heavy atom. The number of piperazine rings is 1. The Hall–Kier alpha value is -2.61. The van der Waals surface area contributed by atoms with Crippen LogP contribution in [0.5, 0.6) is 5.75 Å². The third-order valence-corrected chi connectivity index (χ3v) is 6.66. The van der Waals surface area contributed by atoms with Crippen molar-refractivity contribution in [2.45, 2.75) is 19.9 Å². The first-order chi connectivity index (χ1) is 16.4. The maximum Gasteiger partial charge on any atom is 0.237 e. The van der Waals surface area contributed by atoms with E-state index >= 15 is 0 Å². The SMILES string of the molecule is CC(CO)(COc1c[nH]c2ccc(F)cc12)Cc1cccc(CN2CCN(C(=O)CCl)CC2)c1. The molecule has 1 unspecified atom stereocenters. The minimum absolute atomic E-state index is 0.00778. The van der Waals surface area contributed by atoms with E-state index in [1.807, 2.05) is 17.9 Å². The highest BCUT2D eigenvalue weighted by molar-refractivity contribution is 6.27. The first kappa shape index (κ1) is 24.5. The van der Waals surface area contributed by atoms with Gasteiger partial charge in [0.05, 0.1) is 13.2 Å². The number of hydrogen-bond donors (Lipinski definition) is 2. The number of nitrogens with zero attached hydrogens (tertiary/aromatic N) is 2. The maximum atomic E-state index is 13.7. The van der Waals surface area contributed by atoms with Crippen molar-refractivity contribution in [3.63, 3.8) is 0 Å². The van der Waals surface area contributed by atoms with E-state index in [0.29, 0.717) is 37.3 Å². The molecule has 1 aliphatic rings. The number of H-pyrrole nitrogens is 1. The molecule has 1 amide bonds. The van der Waals surface area contributed by atoms with Crippen molar-refractivity contribution >= 4 is 28.4 Å². The second-order valence-corrected chi connectivity index (χ2v) is 9.65. The van der Waals surface area contributed by atoms with E-state index in [9.17, 15) is 14.3 Å². The Bertz CT molecular complexity index is 1130. The van der Waals surface area contributed by atoms with E-state index in [2.05, 4.69) is 28.1 Å². The van der Waals surface area contributed by atoms with Crippen molar-refractivity contribution in [1.29, 1.82) is 0 Å². The van der Waals surface area contributed by atoms with E-state index in [4.69, 9.17) is 16.3 Å². The zero-order valence-electron chi connectivity index (χ0n) is 19.4. The number of hydrogen-bond acceptors (Lipinski definition) is 4. The molecule has 182 valence electrons. The van der Waals surface area contributed by atoms with Crippen molar-refractivity contribution < 1.29 is 19.0 Å². The number of benzene rings is 2. The van der Waals surface area contributed by atoms with E-state index < -0.39 is 5.41 Å². The Balaban J connectivity index is 1.36. The summed E-state index contributed by atoms with van der Waals surface area (Å²) < 4.78 is 19.7. The minimum Gasteiger partial charge on any atom is -0.491 e. The van der Waals surface area contributed by atoms with Gasteiger partial charge in [0.2, 0.25) is 5.91 Å². The van der Waals surface area contributed by atoms with Crippen molar-refractivity contribution in [3.05, 3.63) is 65.6 Å². The number of nitrogens with one attached hydrogen (secondary N) is 1. The third kappa shape index (κ3) is 5.90. The maximum absolute atomic E-state index is 13.7. The number of aliphatic hydroxyl groups excluding tert-OH is 1. The molecule has 6 nitrogen and oxygen atoms in total. The van der Waals surface area contributed by atoms with Crippen LogP contribution in [0.25, 0.3) is 10.9 Å². The molecule has 0 radical (unpaired) electrons. The molecule has 34 heavy (non-hydrogen) atoms. The lowest BCUT2D eigenvalue weighted by Gasteiger charge is -2.34. The van der Waals surface area contributed by atoms with Gasteiger partial charge >= 0.3 is 0 Å². The third-order valence-electron chi connectivity index (χ3n) is 6.43. The average Bonchev–Trinajstić information content (AvgIpc) is 3.25. The van der Waals surface area contributed by atoms with E-state index in [-0.39, 0.29) is 24.2 Å². The summed E-state index contributed by atoms with van der Waals surface area (Å²) in [6, 6.07) is 12.9. The molecular formula is C26H31ClFN3O3. The van der Waals surface area contributed by atoms with Gasteiger partial charge in [-0.15, -0.1) is 11.6 Å². The average molecular weight is 488 g/mol. The highest BCUT2D eigenvalue weighted by Gasteiger charge is 2.26. The number of alkyl halides is 1. The molecule has 0 spiro atoms. The van der Waals surface area contributed by atoms with Gasteiger partial charge in [0, 0.05) is 55.2 Å². The fraction of sp³-hybridized carbons (Fsp3) is 0.423. The van der Waals surface area contributed by atoms with E-state index in [1.54, 1.807) is 12.3 Å². The topological polar surface area (TPSA) is 68.8 Å².